The summed E-state index contributed by atoms with van der Waals surface area (Å²) in [7, 11) is 0. The molecule has 0 saturated heterocycles. The highest BCUT2D eigenvalue weighted by molar-refractivity contribution is 9.10. The van der Waals surface area contributed by atoms with Gasteiger partial charge in [0.2, 0.25) is 0 Å². The van der Waals surface area contributed by atoms with Gasteiger partial charge in [0.15, 0.2) is 0 Å². The molecule has 90 valence electrons. The molecule has 0 aliphatic heterocycles. The zero-order valence-corrected chi connectivity index (χ0v) is 11.9. The molecule has 0 aliphatic carbocycles. The number of thiophene rings is 1. The van der Waals surface area contributed by atoms with Gasteiger partial charge in [-0.15, -0.1) is 0 Å². The molecule has 0 saturated carbocycles. The normalized spacial score (nSPS) is 10.7. The van der Waals surface area contributed by atoms with Gasteiger partial charge in [0.25, 0.3) is 0 Å². The van der Waals surface area contributed by atoms with E-state index in [0.717, 1.165) is 16.6 Å². The van der Waals surface area contributed by atoms with Crippen LogP contribution in [-0.2, 0) is 13.1 Å². The maximum Gasteiger partial charge on any atom is 0.120 e. The number of hydrogen-bond acceptors (Lipinski definition) is 3. The van der Waals surface area contributed by atoms with E-state index >= 15 is 0 Å². The Balaban J connectivity index is 1.94. The second-order valence-electron chi connectivity index (χ2n) is 3.96. The van der Waals surface area contributed by atoms with Gasteiger partial charge in [-0.1, -0.05) is 15.9 Å². The Kier molecular flexibility index (Phi) is 4.20. The molecule has 1 aromatic carbocycles. The third-order valence-corrected chi connectivity index (χ3v) is 4.04. The molecule has 1 heterocycles. The minimum absolute atomic E-state index is 0.336. The number of aryl methyl sites for hydroxylation is 1. The molecule has 17 heavy (non-hydrogen) atoms. The first-order valence-electron chi connectivity index (χ1n) is 5.36. The summed E-state index contributed by atoms with van der Waals surface area (Å²) >= 11 is 5.12. The molecule has 0 fully saturated rings. The predicted octanol–water partition coefficient (Wildman–Crippen LogP) is 3.81. The first-order chi connectivity index (χ1) is 8.16. The van der Waals surface area contributed by atoms with E-state index in [0.29, 0.717) is 12.3 Å². The number of halogens is 1. The minimum Gasteiger partial charge on any atom is -0.508 e. The van der Waals surface area contributed by atoms with Crippen LogP contribution in [0.4, 0.5) is 0 Å². The van der Waals surface area contributed by atoms with Crippen molar-refractivity contribution < 1.29 is 5.11 Å². The van der Waals surface area contributed by atoms with E-state index in [1.807, 2.05) is 12.1 Å². The summed E-state index contributed by atoms with van der Waals surface area (Å²) < 4.78 is 0.985. The molecule has 1 aromatic heterocycles. The smallest absolute Gasteiger partial charge is 0.120 e. The SMILES string of the molecule is Cc1cscc1CNCc1cc(Br)ccc1O. The fraction of sp³-hybridized carbons (Fsp3) is 0.231. The summed E-state index contributed by atoms with van der Waals surface area (Å²) in [6, 6.07) is 5.47. The van der Waals surface area contributed by atoms with E-state index in [2.05, 4.69) is 38.9 Å². The largest absolute Gasteiger partial charge is 0.508 e. The van der Waals surface area contributed by atoms with Crippen molar-refractivity contribution in [1.82, 2.24) is 5.32 Å². The van der Waals surface area contributed by atoms with Crippen molar-refractivity contribution in [2.24, 2.45) is 0 Å². The van der Waals surface area contributed by atoms with Crippen LogP contribution in [-0.4, -0.2) is 5.11 Å². The van der Waals surface area contributed by atoms with Crippen LogP contribution < -0.4 is 5.32 Å². The van der Waals surface area contributed by atoms with Crippen molar-refractivity contribution in [2.75, 3.05) is 0 Å². The van der Waals surface area contributed by atoms with Gasteiger partial charge in [-0.3, -0.25) is 0 Å². The highest BCUT2D eigenvalue weighted by Gasteiger charge is 2.03. The Morgan fingerprint density at radius 3 is 2.71 bits per heavy atom. The second kappa shape index (κ2) is 5.67. The summed E-state index contributed by atoms with van der Waals surface area (Å²) in [5, 5.41) is 17.3. The molecule has 0 bridgehead atoms. The molecule has 2 nitrogen and oxygen atoms in total. The molecule has 0 unspecified atom stereocenters. The topological polar surface area (TPSA) is 32.3 Å². The summed E-state index contributed by atoms with van der Waals surface area (Å²) in [5.41, 5.74) is 3.55. The van der Waals surface area contributed by atoms with Gasteiger partial charge >= 0.3 is 0 Å². The lowest BCUT2D eigenvalue weighted by Crippen LogP contribution is -2.12. The highest BCUT2D eigenvalue weighted by Crippen LogP contribution is 2.22. The van der Waals surface area contributed by atoms with Gasteiger partial charge in [-0.05, 0) is 47.0 Å². The van der Waals surface area contributed by atoms with Gasteiger partial charge in [0.1, 0.15) is 5.75 Å². The second-order valence-corrected chi connectivity index (χ2v) is 5.62. The van der Waals surface area contributed by atoms with Crippen LogP contribution in [0.3, 0.4) is 0 Å². The van der Waals surface area contributed by atoms with Crippen LogP contribution in [0.5, 0.6) is 5.75 Å². The van der Waals surface area contributed by atoms with Crippen LogP contribution >= 0.6 is 27.3 Å². The number of phenols is 1. The summed E-state index contributed by atoms with van der Waals surface area (Å²) in [6.07, 6.45) is 0. The molecule has 2 aromatic rings. The molecular weight excluding hydrogens is 298 g/mol. The maximum absolute atomic E-state index is 9.69. The van der Waals surface area contributed by atoms with Crippen LogP contribution in [0.25, 0.3) is 0 Å². The van der Waals surface area contributed by atoms with Crippen LogP contribution in [0, 0.1) is 6.92 Å². The molecule has 0 spiro atoms. The first kappa shape index (κ1) is 12.6. The van der Waals surface area contributed by atoms with Crippen molar-refractivity contribution in [3.05, 3.63) is 50.1 Å². The molecule has 0 amide bonds. The van der Waals surface area contributed by atoms with E-state index in [9.17, 15) is 5.11 Å². The third kappa shape index (κ3) is 3.31. The maximum atomic E-state index is 9.69. The van der Waals surface area contributed by atoms with Crippen molar-refractivity contribution in [3.8, 4) is 5.75 Å². The monoisotopic (exact) mass is 311 g/mol. The average Bonchev–Trinajstić information content (AvgIpc) is 2.70. The van der Waals surface area contributed by atoms with Crippen molar-refractivity contribution in [2.45, 2.75) is 20.0 Å². The van der Waals surface area contributed by atoms with Crippen molar-refractivity contribution in [3.63, 3.8) is 0 Å². The summed E-state index contributed by atoms with van der Waals surface area (Å²) in [4.78, 5) is 0. The Morgan fingerprint density at radius 1 is 1.24 bits per heavy atom. The van der Waals surface area contributed by atoms with Gasteiger partial charge in [-0.25, -0.2) is 0 Å². The molecule has 0 aliphatic rings. The molecular formula is C13H14BrNOS. The summed E-state index contributed by atoms with van der Waals surface area (Å²) in [5.74, 6) is 0.336. The first-order valence-corrected chi connectivity index (χ1v) is 7.10. The summed E-state index contributed by atoms with van der Waals surface area (Å²) in [6.45, 7) is 3.62. The van der Waals surface area contributed by atoms with E-state index < -0.39 is 0 Å². The van der Waals surface area contributed by atoms with E-state index in [-0.39, 0.29) is 0 Å². The van der Waals surface area contributed by atoms with Crippen LogP contribution in [0.1, 0.15) is 16.7 Å². The van der Waals surface area contributed by atoms with Gasteiger partial charge in [0, 0.05) is 23.1 Å². The van der Waals surface area contributed by atoms with Gasteiger partial charge < -0.3 is 10.4 Å². The molecule has 4 heteroatoms. The van der Waals surface area contributed by atoms with Crippen LogP contribution in [0.2, 0.25) is 0 Å². The Labute approximate surface area is 113 Å². The van der Waals surface area contributed by atoms with E-state index in [1.165, 1.54) is 11.1 Å². The standard InChI is InChI=1S/C13H14BrNOS/c1-9-7-17-8-11(9)6-15-5-10-4-12(14)2-3-13(10)16/h2-4,7-8,15-16H,5-6H2,1H3. The fourth-order valence-corrected chi connectivity index (χ4v) is 2.86. The van der Waals surface area contributed by atoms with E-state index in [1.54, 1.807) is 17.4 Å². The molecule has 2 rings (SSSR count). The number of aromatic hydroxyl groups is 1. The Hall–Kier alpha value is -0.840. The number of nitrogens with one attached hydrogen (secondary N) is 1. The van der Waals surface area contributed by atoms with Crippen LogP contribution in [0.15, 0.2) is 33.4 Å². The molecule has 2 N–H and O–H groups in total. The fourth-order valence-electron chi connectivity index (χ4n) is 1.60. The lowest BCUT2D eigenvalue weighted by molar-refractivity contribution is 0.464. The zero-order chi connectivity index (χ0) is 12.3. The third-order valence-electron chi connectivity index (χ3n) is 2.63. The van der Waals surface area contributed by atoms with Gasteiger partial charge in [0.05, 0.1) is 0 Å². The quantitative estimate of drug-likeness (QED) is 0.899. The molecule has 0 atom stereocenters. The van der Waals surface area contributed by atoms with Crippen molar-refractivity contribution in [1.29, 1.82) is 0 Å². The van der Waals surface area contributed by atoms with Gasteiger partial charge in [-0.2, -0.15) is 11.3 Å². The number of rotatable bonds is 4. The van der Waals surface area contributed by atoms with E-state index in [4.69, 9.17) is 0 Å². The number of phenolic OH excluding ortho intramolecular Hbond substituents is 1. The predicted molar refractivity (Wildman–Crippen MR) is 75.4 cm³/mol. The number of benzene rings is 1. The Bertz CT molecular complexity index is 510. The molecule has 0 radical (unpaired) electrons. The van der Waals surface area contributed by atoms with Crippen molar-refractivity contribution >= 4 is 27.3 Å². The minimum atomic E-state index is 0.336. The lowest BCUT2D eigenvalue weighted by atomic mass is 10.2. The zero-order valence-electron chi connectivity index (χ0n) is 9.53. The highest BCUT2D eigenvalue weighted by atomic mass is 79.9. The Morgan fingerprint density at radius 2 is 2.00 bits per heavy atom. The lowest BCUT2D eigenvalue weighted by Gasteiger charge is -2.07. The number of hydrogen-bond donors (Lipinski definition) is 2. The average molecular weight is 312 g/mol.